The van der Waals surface area contributed by atoms with Crippen molar-refractivity contribution in [3.05, 3.63) is 51.2 Å². The number of methoxy groups -OCH3 is 1. The first kappa shape index (κ1) is 18.5. The Morgan fingerprint density at radius 3 is 2.77 bits per heavy atom. The highest BCUT2D eigenvalue weighted by Crippen LogP contribution is 2.25. The van der Waals surface area contributed by atoms with Crippen LogP contribution in [0.5, 0.6) is 5.75 Å². The fourth-order valence-corrected chi connectivity index (χ4v) is 3.92. The summed E-state index contributed by atoms with van der Waals surface area (Å²) in [5.74, 6) is 0.364. The van der Waals surface area contributed by atoms with E-state index in [2.05, 4.69) is 13.8 Å². The number of nitrogens with zero attached hydrogens (tertiary/aromatic N) is 1. The van der Waals surface area contributed by atoms with Crippen molar-refractivity contribution in [2.24, 2.45) is 0 Å². The highest BCUT2D eigenvalue weighted by molar-refractivity contribution is 7.12. The minimum atomic E-state index is -0.468. The van der Waals surface area contributed by atoms with E-state index in [1.807, 2.05) is 29.6 Å². The Morgan fingerprint density at radius 1 is 1.23 bits per heavy atom. The van der Waals surface area contributed by atoms with Crippen molar-refractivity contribution in [1.29, 1.82) is 0 Å². The van der Waals surface area contributed by atoms with Crippen LogP contribution in [0, 0.1) is 13.8 Å². The van der Waals surface area contributed by atoms with E-state index >= 15 is 0 Å². The van der Waals surface area contributed by atoms with Gasteiger partial charge in [-0.3, -0.25) is 4.79 Å². The fraction of sp³-hybridized carbons (Fsp3) is 0.400. The van der Waals surface area contributed by atoms with Crippen LogP contribution >= 0.6 is 11.3 Å². The Balaban J connectivity index is 1.64. The van der Waals surface area contributed by atoms with Crippen LogP contribution in [0.15, 0.2) is 29.6 Å². The minimum Gasteiger partial charge on any atom is -0.489 e. The number of hydrogen-bond acceptors (Lipinski definition) is 5. The molecule has 138 valence electrons. The second-order valence-electron chi connectivity index (χ2n) is 6.53. The second-order valence-corrected chi connectivity index (χ2v) is 7.44. The first-order valence-corrected chi connectivity index (χ1v) is 9.54. The molecule has 0 saturated carbocycles. The van der Waals surface area contributed by atoms with Crippen molar-refractivity contribution in [3.8, 4) is 5.75 Å². The van der Waals surface area contributed by atoms with Crippen molar-refractivity contribution < 1.29 is 19.1 Å². The van der Waals surface area contributed by atoms with Crippen molar-refractivity contribution >= 4 is 23.2 Å². The Morgan fingerprint density at radius 2 is 2.04 bits per heavy atom. The van der Waals surface area contributed by atoms with E-state index in [1.165, 1.54) is 29.6 Å². The first-order chi connectivity index (χ1) is 12.5. The number of rotatable bonds is 5. The second kappa shape index (κ2) is 7.91. The van der Waals surface area contributed by atoms with Crippen LogP contribution in [0.4, 0.5) is 0 Å². The number of likely N-dealkylation sites (tertiary alicyclic amines) is 1. The number of hydrogen-bond donors (Lipinski definition) is 0. The third-order valence-corrected chi connectivity index (χ3v) is 5.70. The molecular formula is C20H23NO4S. The molecule has 0 N–H and O–H groups in total. The molecule has 2 heterocycles. The summed E-state index contributed by atoms with van der Waals surface area (Å²) in [4.78, 5) is 26.8. The quantitative estimate of drug-likeness (QED) is 0.750. The minimum absolute atomic E-state index is 0.111. The molecule has 0 aliphatic carbocycles. The summed E-state index contributed by atoms with van der Waals surface area (Å²) in [5, 5.41) is 1.93. The molecule has 1 amide bonds. The zero-order valence-corrected chi connectivity index (χ0v) is 16.1. The van der Waals surface area contributed by atoms with Gasteiger partial charge in [0.2, 0.25) is 0 Å². The van der Waals surface area contributed by atoms with Crippen molar-refractivity contribution in [3.63, 3.8) is 0 Å². The summed E-state index contributed by atoms with van der Waals surface area (Å²) in [5.41, 5.74) is 3.36. The molecule has 0 radical (unpaired) electrons. The molecule has 1 aromatic carbocycles. The molecule has 1 fully saturated rings. The Hall–Kier alpha value is -2.34. The maximum Gasteiger partial charge on any atom is 0.328 e. The van der Waals surface area contributed by atoms with Crippen molar-refractivity contribution in [2.75, 3.05) is 13.7 Å². The zero-order valence-electron chi connectivity index (χ0n) is 15.3. The summed E-state index contributed by atoms with van der Waals surface area (Å²) in [6.07, 6.45) is 1.48. The number of benzene rings is 1. The summed E-state index contributed by atoms with van der Waals surface area (Å²) in [6, 6.07) is 7.38. The molecule has 1 saturated heterocycles. The van der Waals surface area contributed by atoms with Gasteiger partial charge in [-0.25, -0.2) is 4.79 Å². The Kier molecular flexibility index (Phi) is 5.61. The van der Waals surface area contributed by atoms with E-state index in [0.717, 1.165) is 17.7 Å². The van der Waals surface area contributed by atoms with E-state index in [4.69, 9.17) is 9.47 Å². The van der Waals surface area contributed by atoms with Crippen LogP contribution in [0.25, 0.3) is 0 Å². The summed E-state index contributed by atoms with van der Waals surface area (Å²) >= 11 is 1.38. The maximum atomic E-state index is 12.7. The van der Waals surface area contributed by atoms with E-state index in [9.17, 15) is 9.59 Å². The molecule has 1 aliphatic rings. The largest absolute Gasteiger partial charge is 0.489 e. The molecule has 5 nitrogen and oxygen atoms in total. The zero-order chi connectivity index (χ0) is 18.7. The molecular weight excluding hydrogens is 350 g/mol. The van der Waals surface area contributed by atoms with Crippen LogP contribution in [0.1, 0.15) is 39.2 Å². The van der Waals surface area contributed by atoms with Crippen LogP contribution < -0.4 is 4.74 Å². The molecule has 3 rings (SSSR count). The fourth-order valence-electron chi connectivity index (χ4n) is 3.07. The molecule has 1 atom stereocenters. The van der Waals surface area contributed by atoms with Gasteiger partial charge in [-0.15, -0.1) is 11.3 Å². The van der Waals surface area contributed by atoms with Crippen molar-refractivity contribution in [2.45, 2.75) is 39.3 Å². The maximum absolute atomic E-state index is 12.7. The van der Waals surface area contributed by atoms with Gasteiger partial charge >= 0.3 is 5.97 Å². The number of esters is 1. The topological polar surface area (TPSA) is 55.8 Å². The highest BCUT2D eigenvalue weighted by Gasteiger charge is 2.35. The van der Waals surface area contributed by atoms with Crippen molar-refractivity contribution in [1.82, 2.24) is 4.90 Å². The van der Waals surface area contributed by atoms with Gasteiger partial charge in [0.15, 0.2) is 0 Å². The lowest BCUT2D eigenvalue weighted by Crippen LogP contribution is -2.40. The van der Waals surface area contributed by atoms with Gasteiger partial charge in [0.05, 0.1) is 12.0 Å². The third-order valence-electron chi connectivity index (χ3n) is 4.74. The highest BCUT2D eigenvalue weighted by atomic mass is 32.1. The Labute approximate surface area is 157 Å². The average molecular weight is 373 g/mol. The van der Waals surface area contributed by atoms with Crippen LogP contribution in [-0.4, -0.2) is 36.5 Å². The molecule has 6 heteroatoms. The smallest absolute Gasteiger partial charge is 0.328 e. The molecule has 26 heavy (non-hydrogen) atoms. The monoisotopic (exact) mass is 373 g/mol. The van der Waals surface area contributed by atoms with E-state index in [0.29, 0.717) is 24.4 Å². The first-order valence-electron chi connectivity index (χ1n) is 8.66. The van der Waals surface area contributed by atoms with Crippen LogP contribution in [0.2, 0.25) is 0 Å². The summed E-state index contributed by atoms with van der Waals surface area (Å²) < 4.78 is 10.6. The Bertz CT molecular complexity index is 814. The molecule has 0 bridgehead atoms. The molecule has 2 aromatic rings. The lowest BCUT2D eigenvalue weighted by molar-refractivity contribution is -0.145. The summed E-state index contributed by atoms with van der Waals surface area (Å²) in [6.45, 7) is 5.12. The summed E-state index contributed by atoms with van der Waals surface area (Å²) in [7, 11) is 1.36. The van der Waals surface area contributed by atoms with Crippen LogP contribution in [0.3, 0.4) is 0 Å². The van der Waals surface area contributed by atoms with E-state index < -0.39 is 6.04 Å². The van der Waals surface area contributed by atoms with Gasteiger partial charge < -0.3 is 14.4 Å². The van der Waals surface area contributed by atoms with Gasteiger partial charge in [-0.2, -0.15) is 0 Å². The van der Waals surface area contributed by atoms with Gasteiger partial charge in [0.1, 0.15) is 18.4 Å². The average Bonchev–Trinajstić information content (AvgIpc) is 3.31. The number of carbonyl (C=O) groups excluding carboxylic acids is 2. The van der Waals surface area contributed by atoms with Gasteiger partial charge in [0.25, 0.3) is 5.91 Å². The number of amides is 1. The van der Waals surface area contributed by atoms with E-state index in [1.54, 1.807) is 4.90 Å². The standard InChI is InChI=1S/C20H23NO4S/c1-13-6-7-16(9-14(13)2)25-11-15-10-18(26-12-15)19(22)21-8-4-5-17(21)20(23)24-3/h6-7,9-10,12,17H,4-5,8,11H2,1-3H3. The normalized spacial score (nSPS) is 16.6. The number of thiophene rings is 1. The predicted molar refractivity (Wildman–Crippen MR) is 101 cm³/mol. The number of aryl methyl sites for hydroxylation is 2. The third kappa shape index (κ3) is 3.90. The van der Waals surface area contributed by atoms with Gasteiger partial charge in [0, 0.05) is 12.1 Å². The molecule has 1 aliphatic heterocycles. The number of carbonyl (C=O) groups is 2. The number of ether oxygens (including phenoxy) is 2. The van der Waals surface area contributed by atoms with E-state index in [-0.39, 0.29) is 11.9 Å². The lowest BCUT2D eigenvalue weighted by Gasteiger charge is -2.21. The predicted octanol–water partition coefficient (Wildman–Crippen LogP) is 3.72. The molecule has 1 aromatic heterocycles. The lowest BCUT2D eigenvalue weighted by atomic mass is 10.1. The molecule has 1 unspecified atom stereocenters. The molecule has 0 spiro atoms. The van der Waals surface area contributed by atoms with Gasteiger partial charge in [-0.1, -0.05) is 6.07 Å². The van der Waals surface area contributed by atoms with Gasteiger partial charge in [-0.05, 0) is 61.4 Å². The van der Waals surface area contributed by atoms with Crippen LogP contribution in [-0.2, 0) is 16.1 Å². The SMILES string of the molecule is COC(=O)C1CCCN1C(=O)c1cc(COc2ccc(C)c(C)c2)cs1.